The van der Waals surface area contributed by atoms with Crippen LogP contribution in [0.1, 0.15) is 26.8 Å². The Balaban J connectivity index is 1.58. The van der Waals surface area contributed by atoms with E-state index in [1.54, 1.807) is 4.68 Å². The highest BCUT2D eigenvalue weighted by atomic mass is 16.5. The number of hydrogen-bond donors (Lipinski definition) is 1. The van der Waals surface area contributed by atoms with Gasteiger partial charge < -0.3 is 24.8 Å². The number of carbonyl (C=O) groups is 1. The van der Waals surface area contributed by atoms with Gasteiger partial charge in [-0.05, 0) is 40.0 Å². The summed E-state index contributed by atoms with van der Waals surface area (Å²) in [5, 5.41) is 7.36. The molecular weight excluding hydrogens is 394 g/mol. The molecule has 1 aromatic carbocycles. The van der Waals surface area contributed by atoms with E-state index in [-0.39, 0.29) is 11.9 Å². The molecule has 0 radical (unpaired) electrons. The lowest BCUT2D eigenvalue weighted by atomic mass is 10.0. The third kappa shape index (κ3) is 3.97. The van der Waals surface area contributed by atoms with Gasteiger partial charge in [-0.15, -0.1) is 0 Å². The van der Waals surface area contributed by atoms with E-state index >= 15 is 0 Å². The van der Waals surface area contributed by atoms with E-state index in [1.807, 2.05) is 44.9 Å². The summed E-state index contributed by atoms with van der Waals surface area (Å²) in [7, 11) is 4.04. The van der Waals surface area contributed by atoms with Crippen LogP contribution >= 0.6 is 0 Å². The van der Waals surface area contributed by atoms with E-state index in [0.717, 1.165) is 43.5 Å². The number of hydrogen-bond acceptors (Lipinski definition) is 7. The number of anilines is 3. The lowest BCUT2D eigenvalue weighted by Crippen LogP contribution is -2.44. The summed E-state index contributed by atoms with van der Waals surface area (Å²) in [6.07, 6.45) is 1.51. The van der Waals surface area contributed by atoms with Gasteiger partial charge in [0.1, 0.15) is 12.1 Å². The highest BCUT2D eigenvalue weighted by molar-refractivity contribution is 6.06. The zero-order valence-corrected chi connectivity index (χ0v) is 18.9. The molecule has 1 amide bonds. The van der Waals surface area contributed by atoms with Crippen LogP contribution in [0.4, 0.5) is 17.3 Å². The van der Waals surface area contributed by atoms with Crippen LogP contribution in [0.5, 0.6) is 5.75 Å². The van der Waals surface area contributed by atoms with Gasteiger partial charge in [-0.25, -0.2) is 4.68 Å². The van der Waals surface area contributed by atoms with Crippen molar-refractivity contribution in [2.24, 2.45) is 0 Å². The Labute approximate surface area is 183 Å². The Hall–Kier alpha value is -3.07. The standard InChI is InChI=1S/C22H31N7O2/c1-6-31-19-13-17(28-11-9-26(4)10-12-28)7-8-18(19)25-21(30)20-15(2)27(5)22-23-14-24-29(22)16(20)3/h7-8,13-14,16H,6,9-12H2,1-5H3,(H,25,30)/t16-/m1/s1. The molecule has 0 aliphatic carbocycles. The van der Waals surface area contributed by atoms with Crippen LogP contribution in [0.15, 0.2) is 35.8 Å². The Bertz CT molecular complexity index is 991. The molecule has 9 heteroatoms. The second-order valence-electron chi connectivity index (χ2n) is 8.10. The summed E-state index contributed by atoms with van der Waals surface area (Å²) in [5.74, 6) is 1.25. The number of carbonyl (C=O) groups excluding carboxylic acids is 1. The van der Waals surface area contributed by atoms with Crippen LogP contribution in [-0.4, -0.2) is 72.5 Å². The second-order valence-corrected chi connectivity index (χ2v) is 8.10. The summed E-state index contributed by atoms with van der Waals surface area (Å²) < 4.78 is 7.66. The molecule has 1 fully saturated rings. The van der Waals surface area contributed by atoms with Gasteiger partial charge in [0, 0.05) is 50.7 Å². The number of nitrogens with one attached hydrogen (secondary N) is 1. The molecule has 31 heavy (non-hydrogen) atoms. The summed E-state index contributed by atoms with van der Waals surface area (Å²) >= 11 is 0. The summed E-state index contributed by atoms with van der Waals surface area (Å²) in [5.41, 5.74) is 3.30. The van der Waals surface area contributed by atoms with Crippen molar-refractivity contribution in [1.82, 2.24) is 19.7 Å². The lowest BCUT2D eigenvalue weighted by molar-refractivity contribution is -0.113. The average molecular weight is 426 g/mol. The van der Waals surface area contributed by atoms with E-state index in [2.05, 4.69) is 38.3 Å². The van der Waals surface area contributed by atoms with Gasteiger partial charge in [0.05, 0.1) is 23.9 Å². The van der Waals surface area contributed by atoms with Gasteiger partial charge >= 0.3 is 0 Å². The molecule has 0 bridgehead atoms. The average Bonchev–Trinajstić information content (AvgIpc) is 3.25. The molecule has 1 atom stereocenters. The predicted molar refractivity (Wildman–Crippen MR) is 122 cm³/mol. The molecule has 4 rings (SSSR count). The maximum absolute atomic E-state index is 13.3. The van der Waals surface area contributed by atoms with Crippen molar-refractivity contribution < 1.29 is 9.53 Å². The zero-order valence-electron chi connectivity index (χ0n) is 18.9. The van der Waals surface area contributed by atoms with Crippen molar-refractivity contribution in [3.8, 4) is 5.75 Å². The number of benzene rings is 1. The molecule has 1 N–H and O–H groups in total. The molecule has 0 unspecified atom stereocenters. The van der Waals surface area contributed by atoms with Crippen LogP contribution in [0.3, 0.4) is 0 Å². The first kappa shape index (κ1) is 21.2. The molecule has 166 valence electrons. The molecule has 2 aromatic rings. The number of rotatable bonds is 5. The van der Waals surface area contributed by atoms with Crippen molar-refractivity contribution in [3.63, 3.8) is 0 Å². The SMILES string of the molecule is CCOc1cc(N2CCN(C)CC2)ccc1NC(=O)C1=C(C)N(C)c2ncnn2[C@@H]1C. The fraction of sp³-hybridized carbons (Fsp3) is 0.500. The lowest BCUT2D eigenvalue weighted by Gasteiger charge is -2.34. The Morgan fingerprint density at radius 1 is 1.23 bits per heavy atom. The van der Waals surface area contributed by atoms with Crippen LogP contribution in [0, 0.1) is 0 Å². The first-order valence-corrected chi connectivity index (χ1v) is 10.8. The molecule has 2 aliphatic heterocycles. The minimum Gasteiger partial charge on any atom is -0.492 e. The molecule has 0 spiro atoms. The first-order valence-electron chi connectivity index (χ1n) is 10.8. The van der Waals surface area contributed by atoms with Gasteiger partial charge in [0.15, 0.2) is 0 Å². The minimum atomic E-state index is -0.214. The number of piperazine rings is 1. The van der Waals surface area contributed by atoms with Gasteiger partial charge in [0.2, 0.25) is 5.95 Å². The normalized spacial score (nSPS) is 19.5. The molecule has 0 saturated carbocycles. The van der Waals surface area contributed by atoms with E-state index in [0.29, 0.717) is 23.6 Å². The van der Waals surface area contributed by atoms with E-state index in [4.69, 9.17) is 4.74 Å². The quantitative estimate of drug-likeness (QED) is 0.788. The summed E-state index contributed by atoms with van der Waals surface area (Å²) in [6, 6.07) is 5.80. The van der Waals surface area contributed by atoms with Crippen molar-refractivity contribution >= 4 is 23.2 Å². The van der Waals surface area contributed by atoms with Crippen molar-refractivity contribution in [3.05, 3.63) is 35.8 Å². The molecule has 1 saturated heterocycles. The maximum Gasteiger partial charge on any atom is 0.255 e. The smallest absolute Gasteiger partial charge is 0.255 e. The number of allylic oxidation sites excluding steroid dienone is 1. The van der Waals surface area contributed by atoms with Gasteiger partial charge in [0.25, 0.3) is 5.91 Å². The van der Waals surface area contributed by atoms with Crippen LogP contribution < -0.4 is 19.9 Å². The molecule has 2 aliphatic rings. The fourth-order valence-corrected chi connectivity index (χ4v) is 4.21. The van der Waals surface area contributed by atoms with Crippen LogP contribution in [0.25, 0.3) is 0 Å². The Morgan fingerprint density at radius 2 is 1.97 bits per heavy atom. The monoisotopic (exact) mass is 425 g/mol. The van der Waals surface area contributed by atoms with Gasteiger partial charge in [-0.2, -0.15) is 10.1 Å². The van der Waals surface area contributed by atoms with E-state index in [9.17, 15) is 4.79 Å². The number of aromatic nitrogens is 3. The number of fused-ring (bicyclic) bond motifs is 1. The number of ether oxygens (including phenoxy) is 1. The van der Waals surface area contributed by atoms with Crippen LogP contribution in [0.2, 0.25) is 0 Å². The molecule has 9 nitrogen and oxygen atoms in total. The fourth-order valence-electron chi connectivity index (χ4n) is 4.21. The summed E-state index contributed by atoms with van der Waals surface area (Å²) in [4.78, 5) is 24.2. The topological polar surface area (TPSA) is 78.8 Å². The number of nitrogens with zero attached hydrogens (tertiary/aromatic N) is 6. The van der Waals surface area contributed by atoms with Crippen molar-refractivity contribution in [1.29, 1.82) is 0 Å². The van der Waals surface area contributed by atoms with Crippen molar-refractivity contribution in [2.45, 2.75) is 26.8 Å². The molecule has 1 aromatic heterocycles. The van der Waals surface area contributed by atoms with E-state index in [1.165, 1.54) is 6.33 Å². The second kappa shape index (κ2) is 8.58. The minimum absolute atomic E-state index is 0.161. The third-order valence-corrected chi connectivity index (χ3v) is 6.16. The third-order valence-electron chi connectivity index (χ3n) is 6.16. The Morgan fingerprint density at radius 3 is 2.68 bits per heavy atom. The van der Waals surface area contributed by atoms with Gasteiger partial charge in [-0.1, -0.05) is 0 Å². The number of amides is 1. The maximum atomic E-state index is 13.3. The molecular formula is C22H31N7O2. The van der Waals surface area contributed by atoms with Gasteiger partial charge in [-0.3, -0.25) is 4.79 Å². The Kier molecular flexibility index (Phi) is 5.86. The zero-order chi connectivity index (χ0) is 22.1. The molecule has 3 heterocycles. The largest absolute Gasteiger partial charge is 0.492 e. The predicted octanol–water partition coefficient (Wildman–Crippen LogP) is 2.35. The van der Waals surface area contributed by atoms with Crippen molar-refractivity contribution in [2.75, 3.05) is 62.0 Å². The first-order chi connectivity index (χ1) is 14.9. The van der Waals surface area contributed by atoms with Crippen LogP contribution in [-0.2, 0) is 4.79 Å². The highest BCUT2D eigenvalue weighted by Crippen LogP contribution is 2.35. The number of likely N-dealkylation sites (N-methyl/N-ethyl adjacent to an activating group) is 1. The highest BCUT2D eigenvalue weighted by Gasteiger charge is 2.32. The summed E-state index contributed by atoms with van der Waals surface area (Å²) in [6.45, 7) is 10.4. The van der Waals surface area contributed by atoms with E-state index < -0.39 is 0 Å².